The minimum absolute atomic E-state index is 0.197. The monoisotopic (exact) mass is 298 g/mol. The lowest BCUT2D eigenvalue weighted by atomic mass is 10.1. The molecule has 1 heterocycles. The molecule has 2 aromatic carbocycles. The largest absolute Gasteiger partial charge is 0.488 e. The highest BCUT2D eigenvalue weighted by atomic mass is 32.1. The molecule has 0 saturated carbocycles. The van der Waals surface area contributed by atoms with Crippen molar-refractivity contribution in [2.24, 2.45) is 5.73 Å². The molecule has 0 aliphatic carbocycles. The van der Waals surface area contributed by atoms with Gasteiger partial charge in [-0.1, -0.05) is 30.4 Å². The Morgan fingerprint density at radius 1 is 1.24 bits per heavy atom. The Bertz CT molecular complexity index is 629. The lowest BCUT2D eigenvalue weighted by Crippen LogP contribution is -2.31. The van der Waals surface area contributed by atoms with Crippen molar-refractivity contribution in [1.29, 1.82) is 0 Å². The second-order valence-corrected chi connectivity index (χ2v) is 5.78. The lowest BCUT2D eigenvalue weighted by Gasteiger charge is -2.23. The number of anilines is 1. The van der Waals surface area contributed by atoms with Crippen molar-refractivity contribution in [3.63, 3.8) is 0 Å². The molecule has 21 heavy (non-hydrogen) atoms. The summed E-state index contributed by atoms with van der Waals surface area (Å²) in [6.45, 7) is 0.848. The van der Waals surface area contributed by atoms with E-state index in [9.17, 15) is 0 Å². The third-order valence-electron chi connectivity index (χ3n) is 3.78. The summed E-state index contributed by atoms with van der Waals surface area (Å²) in [6, 6.07) is 16.2. The molecule has 0 aromatic heterocycles. The van der Waals surface area contributed by atoms with E-state index < -0.39 is 0 Å². The van der Waals surface area contributed by atoms with Crippen molar-refractivity contribution in [1.82, 2.24) is 0 Å². The second-order valence-electron chi connectivity index (χ2n) is 5.34. The van der Waals surface area contributed by atoms with Crippen LogP contribution in [0.15, 0.2) is 48.5 Å². The molecule has 2 N–H and O–H groups in total. The normalized spacial score (nSPS) is 16.1. The third-order valence-corrected chi connectivity index (χ3v) is 4.02. The van der Waals surface area contributed by atoms with Crippen molar-refractivity contribution in [2.75, 3.05) is 18.5 Å². The highest BCUT2D eigenvalue weighted by Crippen LogP contribution is 2.29. The van der Waals surface area contributed by atoms with Crippen molar-refractivity contribution >= 4 is 22.9 Å². The van der Waals surface area contributed by atoms with Crippen LogP contribution in [0.5, 0.6) is 5.75 Å². The minimum atomic E-state index is 0.197. The molecule has 108 valence electrons. The zero-order valence-electron chi connectivity index (χ0n) is 12.0. The first-order valence-corrected chi connectivity index (χ1v) is 7.40. The Kier molecular flexibility index (Phi) is 3.80. The molecule has 2 aromatic rings. The summed E-state index contributed by atoms with van der Waals surface area (Å²) < 4.78 is 5.98. The maximum Gasteiger partial charge on any atom is 0.123 e. The number of likely N-dealkylation sites (N-methyl/N-ethyl adjacent to an activating group) is 1. The molecule has 0 radical (unpaired) electrons. The fourth-order valence-corrected chi connectivity index (χ4v) is 2.78. The van der Waals surface area contributed by atoms with Gasteiger partial charge in [0.1, 0.15) is 16.8 Å². The van der Waals surface area contributed by atoms with Crippen LogP contribution in [0.3, 0.4) is 0 Å². The first-order valence-electron chi connectivity index (χ1n) is 6.99. The van der Waals surface area contributed by atoms with E-state index in [0.717, 1.165) is 30.0 Å². The Balaban J connectivity index is 1.65. The Morgan fingerprint density at radius 3 is 2.62 bits per heavy atom. The standard InChI is InChI=1S/C17H18N2OS/c1-19(14-8-6-12(7-9-14)17(18)21)11-15-10-13-4-2-3-5-16(13)20-15/h2-9,15H,10-11H2,1H3,(H2,18,21). The number of fused-ring (bicyclic) bond motifs is 1. The molecule has 3 rings (SSSR count). The summed E-state index contributed by atoms with van der Waals surface area (Å²) in [7, 11) is 2.07. The van der Waals surface area contributed by atoms with E-state index in [1.165, 1.54) is 5.56 Å². The molecule has 1 unspecified atom stereocenters. The van der Waals surface area contributed by atoms with E-state index in [-0.39, 0.29) is 6.10 Å². The van der Waals surface area contributed by atoms with E-state index >= 15 is 0 Å². The van der Waals surface area contributed by atoms with E-state index in [1.807, 2.05) is 36.4 Å². The van der Waals surface area contributed by atoms with E-state index in [0.29, 0.717) is 4.99 Å². The number of hydrogen-bond acceptors (Lipinski definition) is 3. The molecule has 0 spiro atoms. The fourth-order valence-electron chi connectivity index (χ4n) is 2.65. The number of para-hydroxylation sites is 1. The summed E-state index contributed by atoms with van der Waals surface area (Å²) >= 11 is 4.97. The van der Waals surface area contributed by atoms with Crippen molar-refractivity contribution in [2.45, 2.75) is 12.5 Å². The van der Waals surface area contributed by atoms with Crippen LogP contribution in [0.25, 0.3) is 0 Å². The SMILES string of the molecule is CN(CC1Cc2ccccc2O1)c1ccc(C(N)=S)cc1. The van der Waals surface area contributed by atoms with Crippen LogP contribution in [-0.4, -0.2) is 24.7 Å². The second kappa shape index (κ2) is 5.74. The first-order chi connectivity index (χ1) is 10.1. The minimum Gasteiger partial charge on any atom is -0.488 e. The number of ether oxygens (including phenoxy) is 1. The summed E-state index contributed by atoms with van der Waals surface area (Å²) in [5.74, 6) is 1.01. The number of thiocarbonyl (C=S) groups is 1. The van der Waals surface area contributed by atoms with Gasteiger partial charge in [-0.25, -0.2) is 0 Å². The molecular weight excluding hydrogens is 280 g/mol. The Hall–Kier alpha value is -2.07. The van der Waals surface area contributed by atoms with Gasteiger partial charge in [-0.3, -0.25) is 0 Å². The number of nitrogens with two attached hydrogens (primary N) is 1. The topological polar surface area (TPSA) is 38.5 Å². The van der Waals surface area contributed by atoms with Crippen molar-refractivity contribution < 1.29 is 4.74 Å². The molecule has 0 bridgehead atoms. The van der Waals surface area contributed by atoms with Crippen LogP contribution in [0.4, 0.5) is 5.69 Å². The van der Waals surface area contributed by atoms with Gasteiger partial charge in [0.15, 0.2) is 0 Å². The number of hydrogen-bond donors (Lipinski definition) is 1. The van der Waals surface area contributed by atoms with Gasteiger partial charge in [-0.2, -0.15) is 0 Å². The van der Waals surface area contributed by atoms with Crippen LogP contribution in [0.2, 0.25) is 0 Å². The number of nitrogens with zero attached hydrogens (tertiary/aromatic N) is 1. The fraction of sp³-hybridized carbons (Fsp3) is 0.235. The zero-order chi connectivity index (χ0) is 14.8. The average molecular weight is 298 g/mol. The van der Waals surface area contributed by atoms with Gasteiger partial charge in [0.2, 0.25) is 0 Å². The predicted molar refractivity (Wildman–Crippen MR) is 90.2 cm³/mol. The van der Waals surface area contributed by atoms with Crippen LogP contribution >= 0.6 is 12.2 Å². The van der Waals surface area contributed by atoms with Gasteiger partial charge in [-0.15, -0.1) is 0 Å². The smallest absolute Gasteiger partial charge is 0.123 e. The lowest BCUT2D eigenvalue weighted by molar-refractivity contribution is 0.239. The Morgan fingerprint density at radius 2 is 1.95 bits per heavy atom. The van der Waals surface area contributed by atoms with E-state index in [2.05, 4.69) is 24.1 Å². The molecule has 1 aliphatic heterocycles. The van der Waals surface area contributed by atoms with Crippen molar-refractivity contribution in [3.8, 4) is 5.75 Å². The summed E-state index contributed by atoms with van der Waals surface area (Å²) in [5, 5.41) is 0. The molecule has 0 fully saturated rings. The predicted octanol–water partition coefficient (Wildman–Crippen LogP) is 2.76. The molecule has 3 nitrogen and oxygen atoms in total. The highest BCUT2D eigenvalue weighted by Gasteiger charge is 2.23. The molecular formula is C17H18N2OS. The van der Waals surface area contributed by atoms with E-state index in [1.54, 1.807) is 0 Å². The molecule has 0 saturated heterocycles. The molecule has 0 amide bonds. The first kappa shape index (κ1) is 13.9. The quantitative estimate of drug-likeness (QED) is 0.881. The van der Waals surface area contributed by atoms with Gasteiger partial charge in [0.25, 0.3) is 0 Å². The maximum atomic E-state index is 5.98. The molecule has 4 heteroatoms. The van der Waals surface area contributed by atoms with Gasteiger partial charge >= 0.3 is 0 Å². The van der Waals surface area contributed by atoms with Crippen molar-refractivity contribution in [3.05, 3.63) is 59.7 Å². The van der Waals surface area contributed by atoms with Gasteiger partial charge in [0.05, 0.1) is 6.54 Å². The summed E-state index contributed by atoms with van der Waals surface area (Å²) in [6.07, 6.45) is 1.16. The van der Waals surface area contributed by atoms with Gasteiger partial charge in [-0.05, 0) is 35.9 Å². The molecule has 1 atom stereocenters. The Labute approximate surface area is 130 Å². The third kappa shape index (κ3) is 3.00. The van der Waals surface area contributed by atoms with E-state index in [4.69, 9.17) is 22.7 Å². The highest BCUT2D eigenvalue weighted by molar-refractivity contribution is 7.80. The number of rotatable bonds is 4. The van der Waals surface area contributed by atoms with Gasteiger partial charge in [0, 0.05) is 24.7 Å². The summed E-state index contributed by atoms with van der Waals surface area (Å²) in [4.78, 5) is 2.62. The van der Waals surface area contributed by atoms with Crippen LogP contribution < -0.4 is 15.4 Å². The zero-order valence-corrected chi connectivity index (χ0v) is 12.8. The number of benzene rings is 2. The summed E-state index contributed by atoms with van der Waals surface area (Å²) in [5.41, 5.74) is 8.94. The van der Waals surface area contributed by atoms with Crippen LogP contribution in [0, 0.1) is 0 Å². The van der Waals surface area contributed by atoms with Crippen LogP contribution in [-0.2, 0) is 6.42 Å². The molecule has 1 aliphatic rings. The van der Waals surface area contributed by atoms with Crippen LogP contribution in [0.1, 0.15) is 11.1 Å². The van der Waals surface area contributed by atoms with Gasteiger partial charge < -0.3 is 15.4 Å². The average Bonchev–Trinajstić information content (AvgIpc) is 2.89. The maximum absolute atomic E-state index is 5.98.